The Labute approximate surface area is 185 Å². The van der Waals surface area contributed by atoms with Gasteiger partial charge < -0.3 is 14.6 Å². The van der Waals surface area contributed by atoms with E-state index in [2.05, 4.69) is 24.0 Å². The minimum absolute atomic E-state index is 0.378. The van der Waals surface area contributed by atoms with Crippen LogP contribution in [-0.2, 0) is 18.3 Å². The lowest BCUT2D eigenvalue weighted by atomic mass is 10.1. The lowest BCUT2D eigenvalue weighted by Crippen LogP contribution is -2.34. The van der Waals surface area contributed by atoms with Crippen molar-refractivity contribution in [1.82, 2.24) is 14.7 Å². The molecule has 0 fully saturated rings. The molecule has 0 unspecified atom stereocenters. The van der Waals surface area contributed by atoms with Crippen molar-refractivity contribution >= 4 is 0 Å². The summed E-state index contributed by atoms with van der Waals surface area (Å²) in [5, 5.41) is 15.3. The van der Waals surface area contributed by atoms with Gasteiger partial charge in [-0.1, -0.05) is 61.9 Å². The summed E-state index contributed by atoms with van der Waals surface area (Å²) >= 11 is 0. The van der Waals surface area contributed by atoms with Crippen molar-refractivity contribution < 1.29 is 14.6 Å². The van der Waals surface area contributed by atoms with Crippen molar-refractivity contribution in [2.45, 2.75) is 32.4 Å². The van der Waals surface area contributed by atoms with Crippen LogP contribution in [0.25, 0.3) is 11.3 Å². The molecule has 6 heteroatoms. The quantitative estimate of drug-likeness (QED) is 0.465. The molecule has 0 aliphatic rings. The van der Waals surface area contributed by atoms with E-state index in [9.17, 15) is 5.11 Å². The maximum Gasteiger partial charge on any atom is 0.222 e. The summed E-state index contributed by atoms with van der Waals surface area (Å²) < 4.78 is 13.4. The van der Waals surface area contributed by atoms with Crippen molar-refractivity contribution in [3.63, 3.8) is 0 Å². The van der Waals surface area contributed by atoms with E-state index in [-0.39, 0.29) is 6.10 Å². The largest absolute Gasteiger partial charge is 0.439 e. The molecular formula is C25H33N3O3. The van der Waals surface area contributed by atoms with Crippen molar-refractivity contribution in [1.29, 1.82) is 0 Å². The van der Waals surface area contributed by atoms with E-state index < -0.39 is 0 Å². The predicted molar refractivity (Wildman–Crippen MR) is 123 cm³/mol. The van der Waals surface area contributed by atoms with Crippen molar-refractivity contribution in [3.8, 4) is 22.9 Å². The second kappa shape index (κ2) is 11.6. The molecule has 31 heavy (non-hydrogen) atoms. The summed E-state index contributed by atoms with van der Waals surface area (Å²) in [5.74, 6) is 1.47. The zero-order chi connectivity index (χ0) is 22.1. The van der Waals surface area contributed by atoms with Crippen LogP contribution in [0.2, 0.25) is 0 Å². The Bertz CT molecular complexity index is 913. The molecule has 0 aliphatic heterocycles. The third-order valence-corrected chi connectivity index (χ3v) is 5.18. The number of para-hydroxylation sites is 1. The summed E-state index contributed by atoms with van der Waals surface area (Å²) in [5.41, 5.74) is 2.93. The summed E-state index contributed by atoms with van der Waals surface area (Å²) in [7, 11) is 3.60. The molecule has 3 rings (SSSR count). The van der Waals surface area contributed by atoms with Crippen molar-refractivity contribution in [2.24, 2.45) is 7.05 Å². The topological polar surface area (TPSA) is 59.8 Å². The molecule has 0 saturated heterocycles. The molecule has 0 radical (unpaired) electrons. The van der Waals surface area contributed by atoms with E-state index in [1.807, 2.05) is 55.6 Å². The first-order valence-corrected chi connectivity index (χ1v) is 10.9. The monoisotopic (exact) mass is 423 g/mol. The molecule has 166 valence electrons. The fraction of sp³-hybridized carbons (Fsp3) is 0.400. The summed E-state index contributed by atoms with van der Waals surface area (Å²) in [4.78, 5) is 2.21. The van der Waals surface area contributed by atoms with Crippen LogP contribution in [0.3, 0.4) is 0 Å². The van der Waals surface area contributed by atoms with Crippen LogP contribution in [-0.4, -0.2) is 52.7 Å². The standard InChI is InChI=1S/C25H33N3O3/c1-4-11-21(29)18-28(16-17-30-3)19-23-24(20-12-7-5-8-13-20)26-27(2)25(23)31-22-14-9-6-10-15-22/h5-10,12-15,21,29H,4,11,16-19H2,1-3H3/t21-/m0/s1. The molecule has 2 aromatic carbocycles. The lowest BCUT2D eigenvalue weighted by molar-refractivity contribution is 0.0797. The summed E-state index contributed by atoms with van der Waals surface area (Å²) in [6.45, 7) is 4.57. The second-order valence-electron chi connectivity index (χ2n) is 7.71. The van der Waals surface area contributed by atoms with E-state index in [1.54, 1.807) is 11.8 Å². The summed E-state index contributed by atoms with van der Waals surface area (Å²) in [6.07, 6.45) is 1.34. The molecule has 1 N–H and O–H groups in total. The maximum atomic E-state index is 10.5. The fourth-order valence-corrected chi connectivity index (χ4v) is 3.65. The molecule has 0 amide bonds. The van der Waals surface area contributed by atoms with Gasteiger partial charge >= 0.3 is 0 Å². The van der Waals surface area contributed by atoms with Crippen LogP contribution in [0.5, 0.6) is 11.6 Å². The summed E-state index contributed by atoms with van der Waals surface area (Å²) in [6, 6.07) is 19.9. The van der Waals surface area contributed by atoms with E-state index in [1.165, 1.54) is 0 Å². The van der Waals surface area contributed by atoms with E-state index in [4.69, 9.17) is 14.6 Å². The third-order valence-electron chi connectivity index (χ3n) is 5.18. The van der Waals surface area contributed by atoms with Gasteiger partial charge in [0.25, 0.3) is 0 Å². The molecule has 0 aliphatic carbocycles. The van der Waals surface area contributed by atoms with Gasteiger partial charge in [0.15, 0.2) is 0 Å². The normalized spacial score (nSPS) is 12.3. The SMILES string of the molecule is CCC[C@H](O)CN(CCOC)Cc1c(-c2ccccc2)nn(C)c1Oc1ccccc1. The molecular weight excluding hydrogens is 390 g/mol. The Kier molecular flexibility index (Phi) is 8.64. The highest BCUT2D eigenvalue weighted by molar-refractivity contribution is 5.65. The minimum Gasteiger partial charge on any atom is -0.439 e. The number of ether oxygens (including phenoxy) is 2. The van der Waals surface area contributed by atoms with Crippen LogP contribution in [0.4, 0.5) is 0 Å². The van der Waals surface area contributed by atoms with Crippen molar-refractivity contribution in [2.75, 3.05) is 26.8 Å². The molecule has 1 atom stereocenters. The van der Waals surface area contributed by atoms with Gasteiger partial charge in [0, 0.05) is 39.4 Å². The zero-order valence-electron chi connectivity index (χ0n) is 18.7. The van der Waals surface area contributed by atoms with Gasteiger partial charge in [-0.3, -0.25) is 4.90 Å². The van der Waals surface area contributed by atoms with Gasteiger partial charge in [-0.05, 0) is 18.6 Å². The molecule has 3 aromatic rings. The molecule has 0 saturated carbocycles. The Morgan fingerprint density at radius 1 is 1.06 bits per heavy atom. The number of benzene rings is 2. The number of aromatic nitrogens is 2. The lowest BCUT2D eigenvalue weighted by Gasteiger charge is -2.25. The Morgan fingerprint density at radius 3 is 2.39 bits per heavy atom. The molecule has 6 nitrogen and oxygen atoms in total. The van der Waals surface area contributed by atoms with Crippen molar-refractivity contribution in [3.05, 3.63) is 66.2 Å². The van der Waals surface area contributed by atoms with Gasteiger partial charge in [0.05, 0.1) is 18.3 Å². The van der Waals surface area contributed by atoms with Crippen LogP contribution >= 0.6 is 0 Å². The smallest absolute Gasteiger partial charge is 0.222 e. The van der Waals surface area contributed by atoms with E-state index in [0.29, 0.717) is 32.1 Å². The molecule has 1 aromatic heterocycles. The van der Waals surface area contributed by atoms with Gasteiger partial charge in [-0.2, -0.15) is 5.10 Å². The number of nitrogens with zero attached hydrogens (tertiary/aromatic N) is 3. The highest BCUT2D eigenvalue weighted by atomic mass is 16.5. The van der Waals surface area contributed by atoms with E-state index in [0.717, 1.165) is 35.4 Å². The number of aliphatic hydroxyl groups is 1. The Morgan fingerprint density at radius 2 is 1.74 bits per heavy atom. The number of hydrogen-bond acceptors (Lipinski definition) is 5. The number of aryl methyl sites for hydroxylation is 1. The van der Waals surface area contributed by atoms with Gasteiger partial charge in [-0.25, -0.2) is 4.68 Å². The average molecular weight is 424 g/mol. The third kappa shape index (κ3) is 6.40. The Hall–Kier alpha value is -2.67. The van der Waals surface area contributed by atoms with Gasteiger partial charge in [-0.15, -0.1) is 0 Å². The second-order valence-corrected chi connectivity index (χ2v) is 7.71. The highest BCUT2D eigenvalue weighted by Crippen LogP contribution is 2.34. The first-order valence-electron chi connectivity index (χ1n) is 10.9. The Balaban J connectivity index is 1.97. The minimum atomic E-state index is -0.378. The van der Waals surface area contributed by atoms with Crippen LogP contribution in [0, 0.1) is 0 Å². The van der Waals surface area contributed by atoms with Gasteiger partial charge in [0.2, 0.25) is 5.88 Å². The van der Waals surface area contributed by atoms with E-state index >= 15 is 0 Å². The highest BCUT2D eigenvalue weighted by Gasteiger charge is 2.23. The van der Waals surface area contributed by atoms with Crippen LogP contribution < -0.4 is 4.74 Å². The van der Waals surface area contributed by atoms with Gasteiger partial charge in [0.1, 0.15) is 11.4 Å². The van der Waals surface area contributed by atoms with Crippen LogP contribution in [0.1, 0.15) is 25.3 Å². The zero-order valence-corrected chi connectivity index (χ0v) is 18.7. The number of aliphatic hydroxyl groups excluding tert-OH is 1. The predicted octanol–water partition coefficient (Wildman–Crippen LogP) is 4.49. The fourth-order valence-electron chi connectivity index (χ4n) is 3.65. The molecule has 1 heterocycles. The van der Waals surface area contributed by atoms with Crippen LogP contribution in [0.15, 0.2) is 60.7 Å². The average Bonchev–Trinajstić information content (AvgIpc) is 3.08. The first-order chi connectivity index (χ1) is 15.1. The maximum absolute atomic E-state index is 10.5. The number of rotatable bonds is 12. The molecule has 0 bridgehead atoms. The number of methoxy groups -OCH3 is 1. The first kappa shape index (κ1) is 23.0. The molecule has 0 spiro atoms. The number of hydrogen-bond donors (Lipinski definition) is 1.